The van der Waals surface area contributed by atoms with E-state index < -0.39 is 11.7 Å². The molecule has 0 radical (unpaired) electrons. The van der Waals surface area contributed by atoms with E-state index in [1.54, 1.807) is 6.07 Å². The maximum absolute atomic E-state index is 12.8. The number of rotatable bonds is 8. The minimum absolute atomic E-state index is 0.0633. The molecule has 8 heteroatoms. The molecule has 0 aliphatic carbocycles. The zero-order valence-electron chi connectivity index (χ0n) is 17.4. The lowest BCUT2D eigenvalue weighted by atomic mass is 10.1. The SMILES string of the molecule is O=C1CCC(CCNCc2cccc(C(F)(F)F)c2)N1Cc1cc(-c2ccccc2)on1. The third kappa shape index (κ3) is 5.37. The lowest BCUT2D eigenvalue weighted by Gasteiger charge is -2.24. The summed E-state index contributed by atoms with van der Waals surface area (Å²) in [7, 11) is 0. The molecule has 2 heterocycles. The van der Waals surface area contributed by atoms with Crippen LogP contribution in [-0.2, 0) is 24.1 Å². The normalized spacial score (nSPS) is 16.7. The number of hydrogen-bond acceptors (Lipinski definition) is 4. The number of carbonyl (C=O) groups excluding carboxylic acids is 1. The highest BCUT2D eigenvalue weighted by molar-refractivity contribution is 5.78. The van der Waals surface area contributed by atoms with Crippen LogP contribution in [0.5, 0.6) is 0 Å². The molecule has 0 spiro atoms. The van der Waals surface area contributed by atoms with Gasteiger partial charge in [-0.15, -0.1) is 0 Å². The number of likely N-dealkylation sites (tertiary alicyclic amines) is 1. The van der Waals surface area contributed by atoms with E-state index in [0.717, 1.165) is 24.1 Å². The van der Waals surface area contributed by atoms with Gasteiger partial charge in [-0.1, -0.05) is 53.7 Å². The molecule has 1 aromatic heterocycles. The van der Waals surface area contributed by atoms with Gasteiger partial charge in [0.25, 0.3) is 0 Å². The maximum Gasteiger partial charge on any atom is 0.416 e. The molecule has 1 unspecified atom stereocenters. The Morgan fingerprint density at radius 2 is 1.91 bits per heavy atom. The molecule has 0 saturated carbocycles. The minimum Gasteiger partial charge on any atom is -0.356 e. The molecule has 32 heavy (non-hydrogen) atoms. The molecule has 2 aromatic carbocycles. The van der Waals surface area contributed by atoms with E-state index in [9.17, 15) is 18.0 Å². The van der Waals surface area contributed by atoms with Gasteiger partial charge in [0, 0.05) is 30.6 Å². The number of halogens is 3. The van der Waals surface area contributed by atoms with Gasteiger partial charge in [-0.3, -0.25) is 4.79 Å². The summed E-state index contributed by atoms with van der Waals surface area (Å²) in [5, 5.41) is 7.31. The molecule has 1 aliphatic heterocycles. The van der Waals surface area contributed by atoms with Crippen molar-refractivity contribution in [1.29, 1.82) is 0 Å². The first-order valence-electron chi connectivity index (χ1n) is 10.6. The molecule has 1 saturated heterocycles. The largest absolute Gasteiger partial charge is 0.416 e. The van der Waals surface area contributed by atoms with E-state index in [0.29, 0.717) is 49.5 Å². The van der Waals surface area contributed by atoms with Crippen LogP contribution in [0.3, 0.4) is 0 Å². The van der Waals surface area contributed by atoms with Crippen molar-refractivity contribution in [2.45, 2.75) is 44.6 Å². The fourth-order valence-corrected chi connectivity index (χ4v) is 3.97. The van der Waals surface area contributed by atoms with E-state index >= 15 is 0 Å². The molecule has 1 fully saturated rings. The summed E-state index contributed by atoms with van der Waals surface area (Å²) < 4.78 is 44.0. The van der Waals surface area contributed by atoms with Crippen molar-refractivity contribution in [1.82, 2.24) is 15.4 Å². The molecular weight excluding hydrogens is 419 g/mol. The Morgan fingerprint density at radius 3 is 2.69 bits per heavy atom. The third-order valence-corrected chi connectivity index (χ3v) is 5.64. The number of benzene rings is 2. The summed E-state index contributed by atoms with van der Waals surface area (Å²) in [6.45, 7) is 1.32. The van der Waals surface area contributed by atoms with Crippen LogP contribution < -0.4 is 5.32 Å². The monoisotopic (exact) mass is 443 g/mol. The van der Waals surface area contributed by atoms with E-state index in [4.69, 9.17) is 4.52 Å². The van der Waals surface area contributed by atoms with Gasteiger partial charge in [-0.2, -0.15) is 13.2 Å². The highest BCUT2D eigenvalue weighted by atomic mass is 19.4. The van der Waals surface area contributed by atoms with Gasteiger partial charge < -0.3 is 14.7 Å². The number of hydrogen-bond donors (Lipinski definition) is 1. The van der Waals surface area contributed by atoms with Crippen LogP contribution in [0.2, 0.25) is 0 Å². The summed E-state index contributed by atoms with van der Waals surface area (Å²) in [5.74, 6) is 0.740. The first-order chi connectivity index (χ1) is 15.4. The van der Waals surface area contributed by atoms with Gasteiger partial charge in [-0.25, -0.2) is 0 Å². The van der Waals surface area contributed by atoms with E-state index in [2.05, 4.69) is 10.5 Å². The average molecular weight is 443 g/mol. The maximum atomic E-state index is 12.8. The van der Waals surface area contributed by atoms with Crippen molar-refractivity contribution in [3.05, 3.63) is 77.5 Å². The zero-order chi connectivity index (χ0) is 22.6. The first-order valence-corrected chi connectivity index (χ1v) is 10.6. The van der Waals surface area contributed by atoms with E-state index in [1.807, 2.05) is 41.3 Å². The summed E-state index contributed by atoms with van der Waals surface area (Å²) in [5.41, 5.74) is 1.55. The Bertz CT molecular complexity index is 1050. The standard InChI is InChI=1S/C24H24F3N3O2/c25-24(26,27)19-8-4-5-17(13-19)15-28-12-11-21-9-10-23(31)30(21)16-20-14-22(32-29-20)18-6-2-1-3-7-18/h1-8,13-14,21,28H,9-12,15-16H2. The second-order valence-corrected chi connectivity index (χ2v) is 7.93. The molecule has 168 valence electrons. The predicted octanol–water partition coefficient (Wildman–Crippen LogP) is 5.03. The van der Waals surface area contributed by atoms with Gasteiger partial charge in [0.15, 0.2) is 5.76 Å². The second kappa shape index (κ2) is 9.56. The van der Waals surface area contributed by atoms with Crippen molar-refractivity contribution in [2.75, 3.05) is 6.54 Å². The highest BCUT2D eigenvalue weighted by Gasteiger charge is 2.32. The predicted molar refractivity (Wildman–Crippen MR) is 113 cm³/mol. The van der Waals surface area contributed by atoms with Gasteiger partial charge in [0.2, 0.25) is 5.91 Å². The van der Waals surface area contributed by atoms with Gasteiger partial charge in [0.1, 0.15) is 5.69 Å². The Kier molecular flexibility index (Phi) is 6.60. The quantitative estimate of drug-likeness (QED) is 0.496. The smallest absolute Gasteiger partial charge is 0.356 e. The fraction of sp³-hybridized carbons (Fsp3) is 0.333. The highest BCUT2D eigenvalue weighted by Crippen LogP contribution is 2.29. The van der Waals surface area contributed by atoms with E-state index in [1.165, 1.54) is 6.07 Å². The van der Waals surface area contributed by atoms with Crippen molar-refractivity contribution < 1.29 is 22.5 Å². The molecular formula is C24H24F3N3O2. The van der Waals surface area contributed by atoms with Crippen molar-refractivity contribution in [3.63, 3.8) is 0 Å². The average Bonchev–Trinajstić information content (AvgIpc) is 3.39. The van der Waals surface area contributed by atoms with E-state index in [-0.39, 0.29) is 11.9 Å². The number of aromatic nitrogens is 1. The van der Waals surface area contributed by atoms with Crippen LogP contribution in [-0.4, -0.2) is 28.6 Å². The number of amides is 1. The lowest BCUT2D eigenvalue weighted by molar-refractivity contribution is -0.137. The Labute approximate surface area is 184 Å². The van der Waals surface area contributed by atoms with Crippen LogP contribution in [0.4, 0.5) is 13.2 Å². The molecule has 1 N–H and O–H groups in total. The molecule has 4 rings (SSSR count). The molecule has 1 aliphatic rings. The summed E-state index contributed by atoms with van der Waals surface area (Å²) in [6, 6.07) is 16.9. The lowest BCUT2D eigenvalue weighted by Crippen LogP contribution is -2.34. The molecule has 5 nitrogen and oxygen atoms in total. The number of nitrogens with zero attached hydrogens (tertiary/aromatic N) is 2. The number of carbonyl (C=O) groups is 1. The minimum atomic E-state index is -4.35. The third-order valence-electron chi connectivity index (χ3n) is 5.64. The number of nitrogens with one attached hydrogen (secondary N) is 1. The van der Waals surface area contributed by atoms with Gasteiger partial charge >= 0.3 is 6.18 Å². The first kappa shape index (κ1) is 22.1. The molecule has 3 aromatic rings. The molecule has 1 amide bonds. The van der Waals surface area contributed by atoms with Gasteiger partial charge in [0.05, 0.1) is 12.1 Å². The van der Waals surface area contributed by atoms with Crippen LogP contribution in [0.25, 0.3) is 11.3 Å². The number of alkyl halides is 3. The molecule has 1 atom stereocenters. The topological polar surface area (TPSA) is 58.4 Å². The Balaban J connectivity index is 1.30. The van der Waals surface area contributed by atoms with Crippen molar-refractivity contribution in [2.24, 2.45) is 0 Å². The summed E-state index contributed by atoms with van der Waals surface area (Å²) >= 11 is 0. The molecule has 0 bridgehead atoms. The fourth-order valence-electron chi connectivity index (χ4n) is 3.97. The van der Waals surface area contributed by atoms with Crippen molar-refractivity contribution >= 4 is 5.91 Å². The van der Waals surface area contributed by atoms with Crippen LogP contribution in [0, 0.1) is 0 Å². The second-order valence-electron chi connectivity index (χ2n) is 7.93. The summed E-state index contributed by atoms with van der Waals surface area (Å²) in [6.07, 6.45) is -2.38. The summed E-state index contributed by atoms with van der Waals surface area (Å²) in [4.78, 5) is 14.2. The Morgan fingerprint density at radius 1 is 1.09 bits per heavy atom. The van der Waals surface area contributed by atoms with Crippen LogP contribution >= 0.6 is 0 Å². The van der Waals surface area contributed by atoms with Crippen LogP contribution in [0.15, 0.2) is 65.2 Å². The van der Waals surface area contributed by atoms with Gasteiger partial charge in [-0.05, 0) is 31.0 Å². The zero-order valence-corrected chi connectivity index (χ0v) is 17.4. The van der Waals surface area contributed by atoms with Crippen LogP contribution in [0.1, 0.15) is 36.1 Å². The Hall–Kier alpha value is -3.13. The van der Waals surface area contributed by atoms with Crippen molar-refractivity contribution in [3.8, 4) is 11.3 Å².